The SMILES string of the molecule is CC1=CC[C@@H](C/C=C(\C)C(C)O)C1(C)C. The average Bonchev–Trinajstić information content (AvgIpc) is 2.39. The molecular formula is C14H24O. The highest BCUT2D eigenvalue weighted by Gasteiger charge is 2.33. The van der Waals surface area contributed by atoms with E-state index < -0.39 is 0 Å². The van der Waals surface area contributed by atoms with Crippen LogP contribution in [0.15, 0.2) is 23.3 Å². The first-order chi connectivity index (χ1) is 6.85. The maximum absolute atomic E-state index is 9.40. The zero-order valence-electron chi connectivity index (χ0n) is 10.7. The summed E-state index contributed by atoms with van der Waals surface area (Å²) in [5.41, 5.74) is 2.93. The first-order valence-corrected chi connectivity index (χ1v) is 5.87. The summed E-state index contributed by atoms with van der Waals surface area (Å²) in [5.74, 6) is 0.700. The van der Waals surface area contributed by atoms with Crippen LogP contribution in [0, 0.1) is 11.3 Å². The zero-order valence-corrected chi connectivity index (χ0v) is 10.7. The molecule has 0 aliphatic heterocycles. The third-order valence-electron chi connectivity index (χ3n) is 4.13. The van der Waals surface area contributed by atoms with Crippen LogP contribution >= 0.6 is 0 Å². The Labute approximate surface area is 93.9 Å². The Morgan fingerprint density at radius 2 is 2.27 bits per heavy atom. The summed E-state index contributed by atoms with van der Waals surface area (Å²) >= 11 is 0. The van der Waals surface area contributed by atoms with Crippen molar-refractivity contribution in [3.63, 3.8) is 0 Å². The van der Waals surface area contributed by atoms with Crippen LogP contribution in [0.25, 0.3) is 0 Å². The van der Waals surface area contributed by atoms with E-state index in [-0.39, 0.29) is 6.10 Å². The molecule has 1 heteroatoms. The first-order valence-electron chi connectivity index (χ1n) is 5.87. The lowest BCUT2D eigenvalue weighted by Gasteiger charge is -2.29. The Morgan fingerprint density at radius 1 is 1.67 bits per heavy atom. The normalized spacial score (nSPS) is 27.7. The molecule has 0 aromatic carbocycles. The molecule has 0 saturated carbocycles. The van der Waals surface area contributed by atoms with Crippen molar-refractivity contribution >= 4 is 0 Å². The van der Waals surface area contributed by atoms with Gasteiger partial charge in [-0.05, 0) is 50.5 Å². The standard InChI is InChI=1S/C14H24O/c1-10(12(3)15)6-8-13-9-7-11(2)14(13,4)5/h6-7,12-13,15H,8-9H2,1-5H3/b10-6+/t12?,13-/m1/s1. The van der Waals surface area contributed by atoms with Crippen LogP contribution < -0.4 is 0 Å². The van der Waals surface area contributed by atoms with Crippen LogP contribution in [0.5, 0.6) is 0 Å². The highest BCUT2D eigenvalue weighted by atomic mass is 16.3. The molecule has 0 bridgehead atoms. The van der Waals surface area contributed by atoms with Crippen LogP contribution in [0.1, 0.15) is 47.5 Å². The lowest BCUT2D eigenvalue weighted by molar-refractivity contribution is 0.229. The summed E-state index contributed by atoms with van der Waals surface area (Å²) in [6.45, 7) is 10.7. The van der Waals surface area contributed by atoms with E-state index in [0.29, 0.717) is 11.3 Å². The van der Waals surface area contributed by atoms with Crippen LogP contribution in [-0.4, -0.2) is 11.2 Å². The topological polar surface area (TPSA) is 20.2 Å². The van der Waals surface area contributed by atoms with E-state index in [2.05, 4.69) is 32.9 Å². The number of hydrogen-bond donors (Lipinski definition) is 1. The molecule has 1 aliphatic rings. The molecule has 0 radical (unpaired) electrons. The fraction of sp³-hybridized carbons (Fsp3) is 0.714. The quantitative estimate of drug-likeness (QED) is 0.701. The van der Waals surface area contributed by atoms with Gasteiger partial charge in [0.2, 0.25) is 0 Å². The molecule has 0 amide bonds. The molecule has 0 aromatic heterocycles. The van der Waals surface area contributed by atoms with E-state index in [1.165, 1.54) is 12.0 Å². The van der Waals surface area contributed by atoms with E-state index in [9.17, 15) is 5.11 Å². The lowest BCUT2D eigenvalue weighted by atomic mass is 9.76. The van der Waals surface area contributed by atoms with Gasteiger partial charge >= 0.3 is 0 Å². The predicted molar refractivity (Wildman–Crippen MR) is 65.7 cm³/mol. The van der Waals surface area contributed by atoms with Gasteiger partial charge in [0.25, 0.3) is 0 Å². The molecule has 2 atom stereocenters. The minimum atomic E-state index is -0.302. The summed E-state index contributed by atoms with van der Waals surface area (Å²) in [6, 6.07) is 0. The number of aliphatic hydroxyl groups is 1. The second-order valence-corrected chi connectivity index (χ2v) is 5.40. The minimum absolute atomic E-state index is 0.302. The summed E-state index contributed by atoms with van der Waals surface area (Å²) in [7, 11) is 0. The van der Waals surface area contributed by atoms with Crippen molar-refractivity contribution in [3.05, 3.63) is 23.3 Å². The van der Waals surface area contributed by atoms with E-state index in [1.807, 2.05) is 13.8 Å². The van der Waals surface area contributed by atoms with Gasteiger partial charge in [0.05, 0.1) is 6.10 Å². The molecule has 15 heavy (non-hydrogen) atoms. The Kier molecular flexibility index (Phi) is 3.77. The first kappa shape index (κ1) is 12.5. The Hall–Kier alpha value is -0.560. The van der Waals surface area contributed by atoms with Gasteiger partial charge in [-0.1, -0.05) is 31.6 Å². The molecule has 0 heterocycles. The average molecular weight is 208 g/mol. The van der Waals surface area contributed by atoms with Gasteiger partial charge in [-0.3, -0.25) is 0 Å². The number of allylic oxidation sites excluding steroid dienone is 3. The molecular weight excluding hydrogens is 184 g/mol. The second kappa shape index (κ2) is 4.52. The summed E-state index contributed by atoms with van der Waals surface area (Å²) in [5, 5.41) is 9.40. The Morgan fingerprint density at radius 3 is 2.67 bits per heavy atom. The maximum Gasteiger partial charge on any atom is 0.0719 e. The second-order valence-electron chi connectivity index (χ2n) is 5.40. The van der Waals surface area contributed by atoms with Crippen molar-refractivity contribution in [1.29, 1.82) is 0 Å². The predicted octanol–water partition coefficient (Wildman–Crippen LogP) is 3.70. The van der Waals surface area contributed by atoms with Crippen LogP contribution in [0.2, 0.25) is 0 Å². The Bertz CT molecular complexity index is 282. The van der Waals surface area contributed by atoms with E-state index in [0.717, 1.165) is 12.0 Å². The molecule has 0 fully saturated rings. The van der Waals surface area contributed by atoms with Crippen molar-refractivity contribution in [2.24, 2.45) is 11.3 Å². The minimum Gasteiger partial charge on any atom is -0.389 e. The molecule has 0 saturated heterocycles. The van der Waals surface area contributed by atoms with Gasteiger partial charge in [0.1, 0.15) is 0 Å². The van der Waals surface area contributed by atoms with Gasteiger partial charge in [-0.25, -0.2) is 0 Å². The zero-order chi connectivity index (χ0) is 11.6. The van der Waals surface area contributed by atoms with E-state index in [4.69, 9.17) is 0 Å². The molecule has 86 valence electrons. The number of hydrogen-bond acceptors (Lipinski definition) is 1. The fourth-order valence-corrected chi connectivity index (χ4v) is 2.09. The van der Waals surface area contributed by atoms with Crippen molar-refractivity contribution in [2.75, 3.05) is 0 Å². The van der Waals surface area contributed by atoms with Gasteiger partial charge in [-0.2, -0.15) is 0 Å². The van der Waals surface area contributed by atoms with Gasteiger partial charge in [0, 0.05) is 0 Å². The van der Waals surface area contributed by atoms with Crippen molar-refractivity contribution < 1.29 is 5.11 Å². The molecule has 1 unspecified atom stereocenters. The molecule has 1 rings (SSSR count). The van der Waals surface area contributed by atoms with Crippen molar-refractivity contribution in [2.45, 2.75) is 53.6 Å². The largest absolute Gasteiger partial charge is 0.389 e. The fourth-order valence-electron chi connectivity index (χ4n) is 2.09. The highest BCUT2D eigenvalue weighted by molar-refractivity contribution is 5.19. The van der Waals surface area contributed by atoms with E-state index >= 15 is 0 Å². The summed E-state index contributed by atoms with van der Waals surface area (Å²) < 4.78 is 0. The maximum atomic E-state index is 9.40. The summed E-state index contributed by atoms with van der Waals surface area (Å²) in [6.07, 6.45) is 6.52. The monoisotopic (exact) mass is 208 g/mol. The van der Waals surface area contributed by atoms with Gasteiger partial charge < -0.3 is 5.11 Å². The molecule has 1 aliphatic carbocycles. The molecule has 1 N–H and O–H groups in total. The molecule has 0 spiro atoms. The summed E-state index contributed by atoms with van der Waals surface area (Å²) in [4.78, 5) is 0. The third kappa shape index (κ3) is 2.72. The van der Waals surface area contributed by atoms with Crippen LogP contribution in [0.3, 0.4) is 0 Å². The molecule has 0 aromatic rings. The van der Waals surface area contributed by atoms with Gasteiger partial charge in [-0.15, -0.1) is 0 Å². The molecule has 1 nitrogen and oxygen atoms in total. The van der Waals surface area contributed by atoms with Crippen LogP contribution in [0.4, 0.5) is 0 Å². The number of aliphatic hydroxyl groups excluding tert-OH is 1. The van der Waals surface area contributed by atoms with Gasteiger partial charge in [0.15, 0.2) is 0 Å². The lowest BCUT2D eigenvalue weighted by Crippen LogP contribution is -2.20. The highest BCUT2D eigenvalue weighted by Crippen LogP contribution is 2.44. The third-order valence-corrected chi connectivity index (χ3v) is 4.13. The van der Waals surface area contributed by atoms with Crippen molar-refractivity contribution in [3.8, 4) is 0 Å². The smallest absolute Gasteiger partial charge is 0.0719 e. The number of rotatable bonds is 3. The van der Waals surface area contributed by atoms with E-state index in [1.54, 1.807) is 0 Å². The Balaban J connectivity index is 2.60. The van der Waals surface area contributed by atoms with Crippen LogP contribution in [-0.2, 0) is 0 Å². The van der Waals surface area contributed by atoms with Crippen molar-refractivity contribution in [1.82, 2.24) is 0 Å².